The van der Waals surface area contributed by atoms with Gasteiger partial charge in [-0.05, 0) is 125 Å². The van der Waals surface area contributed by atoms with Gasteiger partial charge in [-0.15, -0.1) is 34.0 Å². The van der Waals surface area contributed by atoms with E-state index in [4.69, 9.17) is 78.2 Å². The predicted octanol–water partition coefficient (Wildman–Crippen LogP) is 12.5. The molecule has 6 amide bonds. The number of carbonyl (C=O) groups excluding carboxylic acids is 9. The van der Waals surface area contributed by atoms with Crippen molar-refractivity contribution in [3.05, 3.63) is 260 Å². The highest BCUT2D eigenvalue weighted by atomic mass is 35.5. The summed E-state index contributed by atoms with van der Waals surface area (Å²) < 4.78 is 74.2. The number of nitrogens with zero attached hydrogens (tertiary/aromatic N) is 15. The number of aliphatic imine (C=N–C) groups is 3. The van der Waals surface area contributed by atoms with Gasteiger partial charge in [0.25, 0.3) is 0 Å². The molecule has 136 heavy (non-hydrogen) atoms. The average Bonchev–Trinajstić information content (AvgIpc) is 1.04. The lowest BCUT2D eigenvalue weighted by atomic mass is 9.95. The third-order valence-corrected chi connectivity index (χ3v) is 27.2. The van der Waals surface area contributed by atoms with Gasteiger partial charge in [0.1, 0.15) is 66.0 Å². The normalized spacial score (nSPS) is 20.3. The summed E-state index contributed by atoms with van der Waals surface area (Å²) in [4.78, 5) is 159. The van der Waals surface area contributed by atoms with Gasteiger partial charge in [-0.2, -0.15) is 0 Å². The largest absolute Gasteiger partial charge is 0.486 e. The van der Waals surface area contributed by atoms with Crippen molar-refractivity contribution in [2.45, 2.75) is 70.0 Å². The second kappa shape index (κ2) is 42.5. The van der Waals surface area contributed by atoms with Gasteiger partial charge in [0.2, 0.25) is 0 Å². The molecule has 33 nitrogen and oxygen atoms in total. The first kappa shape index (κ1) is 96.1. The molecule has 3 aromatic heterocycles. The minimum Gasteiger partial charge on any atom is -0.486 e. The summed E-state index contributed by atoms with van der Waals surface area (Å²) in [7, 11) is 3.90. The summed E-state index contributed by atoms with van der Waals surface area (Å²) in [5.41, 5.74) is 6.07. The van der Waals surface area contributed by atoms with Gasteiger partial charge in [0, 0.05) is 205 Å². The molecule has 708 valence electrons. The van der Waals surface area contributed by atoms with Gasteiger partial charge >= 0.3 is 36.0 Å². The molecule has 9 aromatic rings. The number of hydrogen-bond acceptors (Lipinski definition) is 30. The molecule has 0 spiro atoms. The number of thiazole rings is 3. The zero-order valence-corrected chi connectivity index (χ0v) is 79.2. The van der Waals surface area contributed by atoms with E-state index in [9.17, 15) is 56.3 Å². The lowest BCUT2D eigenvalue weighted by molar-refractivity contribution is -0.137. The zero-order valence-electron chi connectivity index (χ0n) is 74.5. The van der Waals surface area contributed by atoms with Crippen molar-refractivity contribution < 1.29 is 84.7 Å². The van der Waals surface area contributed by atoms with E-state index in [0.717, 1.165) is 11.4 Å². The number of ether oxygens (including phenoxy) is 6. The SMILES string of the molecule is COC(=O)C1=C(CN2CCN3C(=O)N(c4ccc(OC(C)C(C)=O)cc4)C[C@@H]3C2)NC(c2nccs2)=N[C@H]1c1ccc(F)cc1Cl.COC(=O)C1=C(CN2CCN3C(=O)N(c4ccc(OCC(C)=O)cc4)C[C@@H]3C2)NC(c2nccs2)=N[C@H]1c1ccc(F)cc1Cl.COC(=O)C1=C(CN2CCN3C(=O)N(c4cccc(OCC(C)=O)c4)C[C@@H]3C2)NC(c2nccs2)=N[C@H]1c1ccc(F)cc1Cl. The number of nitrogens with one attached hydrogen (secondary N) is 3. The van der Waals surface area contributed by atoms with Crippen molar-refractivity contribution in [1.82, 2.24) is 60.3 Å². The molecule has 0 aliphatic carbocycles. The number of amidine groups is 3. The van der Waals surface area contributed by atoms with Gasteiger partial charge in [-0.1, -0.05) is 59.1 Å². The van der Waals surface area contributed by atoms with E-state index in [-0.39, 0.29) is 98.6 Å². The minimum atomic E-state index is -0.858. The van der Waals surface area contributed by atoms with E-state index in [0.29, 0.717) is 187 Å². The third-order valence-electron chi connectivity index (χ3n) is 23.9. The highest BCUT2D eigenvalue weighted by Crippen LogP contribution is 2.43. The van der Waals surface area contributed by atoms with E-state index in [1.165, 1.54) is 131 Å². The molecule has 6 saturated heterocycles. The van der Waals surface area contributed by atoms with Crippen LogP contribution in [0.15, 0.2) is 211 Å². The molecule has 3 N–H and O–H groups in total. The Bertz CT molecular complexity index is 6280. The first-order valence-corrected chi connectivity index (χ1v) is 47.0. The van der Waals surface area contributed by atoms with Gasteiger partial charge in [0.05, 0.1) is 56.2 Å². The lowest BCUT2D eigenvalue weighted by Gasteiger charge is -2.38. The van der Waals surface area contributed by atoms with Crippen LogP contribution in [0.1, 0.15) is 77.5 Å². The number of amides is 6. The smallest absolute Gasteiger partial charge is 0.338 e. The van der Waals surface area contributed by atoms with Crippen LogP contribution in [0, 0.1) is 17.5 Å². The standard InChI is InChI=1S/C32H32ClFN6O5S.2C31H30ClFN6O5S/c1-18(41)19(2)45-23-7-5-21(6-8-23)40-16-22-15-38(11-12-39(22)32(40)43)17-26-27(31(42)44-3)28(24-9-4-20(34)14-25(24)33)37-29(36-26)30-35-10-13-46-30;1-18(40)17-44-22-6-4-20(5-7-22)39-15-21-14-37(10-11-38(21)31(39)42)16-25-26(30(41)43-2)27(23-8-3-19(33)13-24(23)32)36-28(35-25)29-34-9-12-45-29;1-18(40)17-44-22-5-3-4-20(13-22)39-15-21-14-37(9-10-38(21)31(39)42)16-25-26(30(41)43-2)27(23-7-6-19(33)12-24(23)32)36-28(35-25)29-34-8-11-45-29/h4-10,13-14,19,22,28H,11-12,15-17H2,1-3H3,(H,36,37);3-9,12-13,21,27H,10-11,14-17H2,1-2H3,(H,35,36);3-8,11-13,21,27H,9-10,14-17H2,1-2H3,(H,35,36)/t19?,22-,28-;2*21-,27-/m000/s1. The van der Waals surface area contributed by atoms with Crippen molar-refractivity contribution in [2.75, 3.05) is 147 Å². The Hall–Kier alpha value is -13.0. The minimum absolute atomic E-state index is 0.00840. The van der Waals surface area contributed by atoms with Crippen LogP contribution in [0.4, 0.5) is 44.6 Å². The topological polar surface area (TPSA) is 350 Å². The molecule has 0 saturated carbocycles. The average molecular weight is 1970 g/mol. The van der Waals surface area contributed by atoms with Crippen molar-refractivity contribution in [1.29, 1.82) is 0 Å². The lowest BCUT2D eigenvalue weighted by Crippen LogP contribution is -2.53. The van der Waals surface area contributed by atoms with E-state index in [2.05, 4.69) is 45.6 Å². The predicted molar refractivity (Wildman–Crippen MR) is 506 cm³/mol. The molecule has 0 radical (unpaired) electrons. The second-order valence-electron chi connectivity index (χ2n) is 32.9. The number of anilines is 3. The van der Waals surface area contributed by atoms with Crippen molar-refractivity contribution in [3.8, 4) is 17.2 Å². The maximum absolute atomic E-state index is 14.0. The Labute approximate surface area is 806 Å². The Morgan fingerprint density at radius 1 is 0.426 bits per heavy atom. The van der Waals surface area contributed by atoms with E-state index in [1.807, 2.05) is 61.2 Å². The maximum atomic E-state index is 14.0. The molecule has 0 bridgehead atoms. The molecule has 1 unspecified atom stereocenters. The van der Waals surface area contributed by atoms with Crippen LogP contribution in [-0.2, 0) is 43.0 Å². The Kier molecular flexibility index (Phi) is 30.1. The first-order valence-electron chi connectivity index (χ1n) is 43.2. The Morgan fingerprint density at radius 2 is 0.765 bits per heavy atom. The number of halogens is 6. The number of Topliss-reactive ketones (excluding diaryl/α,β-unsaturated/α-hetero) is 3. The molecule has 12 heterocycles. The molecule has 6 aromatic carbocycles. The fraction of sp³-hybridized carbons (Fsp3) is 0.330. The third kappa shape index (κ3) is 21.6. The molecular weight excluding hydrogens is 1880 g/mol. The van der Waals surface area contributed by atoms with Crippen molar-refractivity contribution in [3.63, 3.8) is 0 Å². The number of aromatic nitrogens is 3. The fourth-order valence-electron chi connectivity index (χ4n) is 17.3. The molecule has 9 aliphatic rings. The van der Waals surface area contributed by atoms with Crippen LogP contribution in [0.3, 0.4) is 0 Å². The number of ketones is 3. The quantitative estimate of drug-likeness (QED) is 0.0318. The number of esters is 3. The van der Waals surface area contributed by atoms with E-state index in [1.54, 1.807) is 82.7 Å². The monoisotopic (exact) mass is 1970 g/mol. The van der Waals surface area contributed by atoms with Gasteiger partial charge in [0.15, 0.2) is 56.0 Å². The number of urea groups is 3. The van der Waals surface area contributed by atoms with E-state index < -0.39 is 59.6 Å². The summed E-state index contributed by atoms with van der Waals surface area (Å²) in [5.74, 6) is -0.465. The van der Waals surface area contributed by atoms with Gasteiger partial charge in [-0.3, -0.25) is 58.8 Å². The Balaban J connectivity index is 0.000000148. The highest BCUT2D eigenvalue weighted by molar-refractivity contribution is 7.12. The molecule has 42 heteroatoms. The number of rotatable bonds is 27. The van der Waals surface area contributed by atoms with Crippen LogP contribution < -0.4 is 44.9 Å². The number of fused-ring (bicyclic) bond motifs is 3. The number of benzene rings is 6. The number of methoxy groups -OCH3 is 3. The summed E-state index contributed by atoms with van der Waals surface area (Å²) in [6.07, 6.45) is 4.44. The van der Waals surface area contributed by atoms with Crippen molar-refractivity contribution >= 4 is 157 Å². The Morgan fingerprint density at radius 3 is 1.08 bits per heavy atom. The van der Waals surface area contributed by atoms with Crippen LogP contribution in [0.2, 0.25) is 15.1 Å². The highest BCUT2D eigenvalue weighted by Gasteiger charge is 2.47. The van der Waals surface area contributed by atoms with Gasteiger partial charge < -0.3 is 59.1 Å². The first-order chi connectivity index (χ1) is 65.5. The molecule has 7 atom stereocenters. The molecular formula is C94H92Cl3F3N18O15S3. The summed E-state index contributed by atoms with van der Waals surface area (Å²) in [5, 5.41) is 17.7. The van der Waals surface area contributed by atoms with Crippen LogP contribution in [-0.4, -0.2) is 272 Å². The summed E-state index contributed by atoms with van der Waals surface area (Å²) in [6, 6.07) is 30.3. The fourth-order valence-corrected chi connectivity index (χ4v) is 19.9. The van der Waals surface area contributed by atoms with Crippen LogP contribution in [0.5, 0.6) is 17.2 Å². The molecule has 18 rings (SSSR count). The molecule has 9 aliphatic heterocycles. The number of piperazine rings is 3. The summed E-state index contributed by atoms with van der Waals surface area (Å²) in [6.45, 7) is 13.3. The number of carbonyl (C=O) groups is 9. The van der Waals surface area contributed by atoms with E-state index >= 15 is 0 Å². The number of hydrogen-bond donors (Lipinski definition) is 3. The molecule has 6 fully saturated rings. The van der Waals surface area contributed by atoms with Crippen LogP contribution >= 0.6 is 68.8 Å². The summed E-state index contributed by atoms with van der Waals surface area (Å²) >= 11 is 23.6. The van der Waals surface area contributed by atoms with Crippen LogP contribution in [0.25, 0.3) is 0 Å². The van der Waals surface area contributed by atoms with Gasteiger partial charge in [-0.25, -0.2) is 56.9 Å². The second-order valence-corrected chi connectivity index (χ2v) is 36.8. The maximum Gasteiger partial charge on any atom is 0.338 e. The zero-order chi connectivity index (χ0) is 95.9. The van der Waals surface area contributed by atoms with Crippen molar-refractivity contribution in [2.24, 2.45) is 15.0 Å².